The fourth-order valence-electron chi connectivity index (χ4n) is 1.90. The minimum atomic E-state index is -1.04. The summed E-state index contributed by atoms with van der Waals surface area (Å²) in [6.07, 6.45) is 4.97. The molecule has 114 valence electrons. The Balaban J connectivity index is 2.28. The number of rotatable bonds is 6. The molecule has 2 rings (SSSR count). The van der Waals surface area contributed by atoms with Crippen LogP contribution >= 0.6 is 0 Å². The van der Waals surface area contributed by atoms with Crippen LogP contribution in [0.2, 0.25) is 0 Å². The van der Waals surface area contributed by atoms with Crippen LogP contribution in [0, 0.1) is 10.1 Å². The molecule has 8 nitrogen and oxygen atoms in total. The molecule has 0 saturated heterocycles. The van der Waals surface area contributed by atoms with Crippen molar-refractivity contribution in [2.75, 3.05) is 7.11 Å². The van der Waals surface area contributed by atoms with Gasteiger partial charge in [-0.2, -0.15) is 5.10 Å². The van der Waals surface area contributed by atoms with Crippen molar-refractivity contribution in [2.45, 2.75) is 6.54 Å². The van der Waals surface area contributed by atoms with Gasteiger partial charge in [-0.25, -0.2) is 4.79 Å². The van der Waals surface area contributed by atoms with E-state index in [9.17, 15) is 14.9 Å². The zero-order valence-corrected chi connectivity index (χ0v) is 11.7. The Kier molecular flexibility index (Phi) is 4.52. The normalized spacial score (nSPS) is 10.8. The lowest BCUT2D eigenvalue weighted by Crippen LogP contribution is -2.02. The molecule has 0 radical (unpaired) electrons. The third-order valence-corrected chi connectivity index (χ3v) is 2.89. The summed E-state index contributed by atoms with van der Waals surface area (Å²) in [6.45, 7) is 0.270. The number of hydrogen-bond donors (Lipinski definition) is 1. The van der Waals surface area contributed by atoms with Crippen LogP contribution in [0.25, 0.3) is 6.08 Å². The van der Waals surface area contributed by atoms with Gasteiger partial charge in [-0.3, -0.25) is 14.8 Å². The molecule has 1 heterocycles. The van der Waals surface area contributed by atoms with E-state index >= 15 is 0 Å². The lowest BCUT2D eigenvalue weighted by atomic mass is 10.1. The predicted molar refractivity (Wildman–Crippen MR) is 77.6 cm³/mol. The maximum absolute atomic E-state index is 10.7. The predicted octanol–water partition coefficient (Wildman–Crippen LogP) is 1.95. The number of nitro groups is 1. The first-order valence-electron chi connectivity index (χ1n) is 6.24. The highest BCUT2D eigenvalue weighted by Gasteiger charge is 2.11. The molecule has 0 aliphatic rings. The van der Waals surface area contributed by atoms with Crippen LogP contribution in [0.1, 0.15) is 11.1 Å². The number of nitrogens with zero attached hydrogens (tertiary/aromatic N) is 3. The highest BCUT2D eigenvalue weighted by atomic mass is 16.6. The number of aliphatic carboxylic acids is 1. The molecule has 0 fully saturated rings. The Bertz CT molecular complexity index is 736. The van der Waals surface area contributed by atoms with E-state index in [0.29, 0.717) is 11.3 Å². The molecule has 1 aromatic carbocycles. The number of benzene rings is 1. The first-order chi connectivity index (χ1) is 10.5. The van der Waals surface area contributed by atoms with Gasteiger partial charge in [0.15, 0.2) is 0 Å². The molecule has 0 spiro atoms. The summed E-state index contributed by atoms with van der Waals surface area (Å²) >= 11 is 0. The number of carbonyl (C=O) groups is 1. The molecule has 2 aromatic rings. The molecule has 1 N–H and O–H groups in total. The van der Waals surface area contributed by atoms with Crippen LogP contribution in [0.5, 0.6) is 5.75 Å². The van der Waals surface area contributed by atoms with Crippen LogP contribution in [0.15, 0.2) is 36.7 Å². The Morgan fingerprint density at radius 2 is 2.32 bits per heavy atom. The fourth-order valence-corrected chi connectivity index (χ4v) is 1.90. The standard InChI is InChI=1S/C14H13N3O5/c1-22-13-4-2-10(3-5-14(18)19)6-11(13)8-16-9-12(7-15-16)17(20)21/h2-7,9H,8H2,1H3,(H,18,19)/b5-3-. The van der Waals surface area contributed by atoms with E-state index in [4.69, 9.17) is 9.84 Å². The third kappa shape index (κ3) is 3.69. The van der Waals surface area contributed by atoms with Crippen LogP contribution in [0.4, 0.5) is 5.69 Å². The van der Waals surface area contributed by atoms with Gasteiger partial charge in [-0.05, 0) is 23.8 Å². The largest absolute Gasteiger partial charge is 0.496 e. The molecule has 22 heavy (non-hydrogen) atoms. The number of ether oxygens (including phenoxy) is 1. The minimum Gasteiger partial charge on any atom is -0.496 e. The van der Waals surface area contributed by atoms with Crippen molar-refractivity contribution in [1.29, 1.82) is 0 Å². The maximum atomic E-state index is 10.7. The lowest BCUT2D eigenvalue weighted by molar-refractivity contribution is -0.385. The number of carboxylic acid groups (broad SMARTS) is 1. The Hall–Kier alpha value is -3.16. The van der Waals surface area contributed by atoms with Gasteiger partial charge >= 0.3 is 11.7 Å². The minimum absolute atomic E-state index is 0.0964. The summed E-state index contributed by atoms with van der Waals surface area (Å²) in [5, 5.41) is 23.2. The fraction of sp³-hybridized carbons (Fsp3) is 0.143. The van der Waals surface area contributed by atoms with Crippen molar-refractivity contribution >= 4 is 17.7 Å². The second kappa shape index (κ2) is 6.53. The van der Waals surface area contributed by atoms with Gasteiger partial charge in [0.05, 0.1) is 18.6 Å². The highest BCUT2D eigenvalue weighted by molar-refractivity contribution is 5.85. The van der Waals surface area contributed by atoms with Gasteiger partial charge in [0.2, 0.25) is 0 Å². The topological polar surface area (TPSA) is 107 Å². The van der Waals surface area contributed by atoms with Crippen molar-refractivity contribution in [3.63, 3.8) is 0 Å². The second-order valence-electron chi connectivity index (χ2n) is 4.40. The molecule has 0 saturated carbocycles. The van der Waals surface area contributed by atoms with Gasteiger partial charge in [-0.1, -0.05) is 6.07 Å². The van der Waals surface area contributed by atoms with E-state index in [2.05, 4.69) is 5.10 Å². The van der Waals surface area contributed by atoms with Crippen molar-refractivity contribution in [3.8, 4) is 5.75 Å². The summed E-state index contributed by atoms with van der Waals surface area (Å²) in [5.74, 6) is -0.453. The van der Waals surface area contributed by atoms with Crippen LogP contribution < -0.4 is 4.74 Å². The quantitative estimate of drug-likeness (QED) is 0.496. The summed E-state index contributed by atoms with van der Waals surface area (Å²) in [5.41, 5.74) is 1.31. The molecular formula is C14H13N3O5. The highest BCUT2D eigenvalue weighted by Crippen LogP contribution is 2.22. The van der Waals surface area contributed by atoms with Crippen LogP contribution in [0.3, 0.4) is 0 Å². The van der Waals surface area contributed by atoms with E-state index in [1.54, 1.807) is 18.2 Å². The molecular weight excluding hydrogens is 290 g/mol. The molecule has 0 atom stereocenters. The van der Waals surface area contributed by atoms with Gasteiger partial charge in [0, 0.05) is 11.6 Å². The first-order valence-corrected chi connectivity index (χ1v) is 6.24. The van der Waals surface area contributed by atoms with Crippen LogP contribution in [-0.2, 0) is 11.3 Å². The van der Waals surface area contributed by atoms with E-state index in [-0.39, 0.29) is 12.2 Å². The van der Waals surface area contributed by atoms with Crippen LogP contribution in [-0.4, -0.2) is 32.9 Å². The molecule has 0 amide bonds. The second-order valence-corrected chi connectivity index (χ2v) is 4.40. The van der Waals surface area contributed by atoms with Gasteiger partial charge in [0.1, 0.15) is 18.1 Å². The SMILES string of the molecule is COc1ccc(/C=C\C(=O)O)cc1Cn1cc([N+](=O)[O-])cn1. The molecule has 8 heteroatoms. The maximum Gasteiger partial charge on any atom is 0.328 e. The van der Waals surface area contributed by atoms with Crippen molar-refractivity contribution in [3.05, 3.63) is 57.9 Å². The van der Waals surface area contributed by atoms with E-state index in [1.165, 1.54) is 30.3 Å². The molecule has 0 bridgehead atoms. The summed E-state index contributed by atoms with van der Waals surface area (Å²) < 4.78 is 6.65. The van der Waals surface area contributed by atoms with Crippen molar-refractivity contribution < 1.29 is 19.6 Å². The Morgan fingerprint density at radius 1 is 1.55 bits per heavy atom. The van der Waals surface area contributed by atoms with E-state index in [1.807, 2.05) is 0 Å². The van der Waals surface area contributed by atoms with Gasteiger partial charge in [-0.15, -0.1) is 0 Å². The van der Waals surface area contributed by atoms with E-state index in [0.717, 1.165) is 11.6 Å². The monoisotopic (exact) mass is 303 g/mol. The Labute approximate surface area is 125 Å². The number of hydrogen-bond acceptors (Lipinski definition) is 5. The molecule has 0 aliphatic heterocycles. The average Bonchev–Trinajstić information content (AvgIpc) is 2.94. The summed E-state index contributed by atoms with van der Waals surface area (Å²) in [4.78, 5) is 20.7. The van der Waals surface area contributed by atoms with Crippen molar-refractivity contribution in [1.82, 2.24) is 9.78 Å². The van der Waals surface area contributed by atoms with Gasteiger partial charge < -0.3 is 9.84 Å². The smallest absolute Gasteiger partial charge is 0.328 e. The zero-order valence-electron chi connectivity index (χ0n) is 11.7. The lowest BCUT2D eigenvalue weighted by Gasteiger charge is -2.09. The Morgan fingerprint density at radius 3 is 2.91 bits per heavy atom. The first kappa shape index (κ1) is 15.2. The average molecular weight is 303 g/mol. The number of carboxylic acids is 1. The number of aromatic nitrogens is 2. The number of methoxy groups -OCH3 is 1. The molecule has 0 unspecified atom stereocenters. The summed E-state index contributed by atoms with van der Waals surface area (Å²) in [6, 6.07) is 5.16. The third-order valence-electron chi connectivity index (χ3n) is 2.89. The molecule has 1 aromatic heterocycles. The van der Waals surface area contributed by atoms with Gasteiger partial charge in [0.25, 0.3) is 0 Å². The molecule has 0 aliphatic carbocycles. The zero-order chi connectivity index (χ0) is 16.1. The van der Waals surface area contributed by atoms with Crippen molar-refractivity contribution in [2.24, 2.45) is 0 Å². The van der Waals surface area contributed by atoms with E-state index < -0.39 is 10.9 Å². The summed E-state index contributed by atoms with van der Waals surface area (Å²) in [7, 11) is 1.51.